The third-order valence-electron chi connectivity index (χ3n) is 7.36. The van der Waals surface area contributed by atoms with Crippen LogP contribution >= 0.6 is 0 Å². The average molecular weight is 529 g/mol. The number of benzene rings is 2. The number of fused-ring (bicyclic) bond motifs is 1. The molecule has 1 aliphatic heterocycles. The summed E-state index contributed by atoms with van der Waals surface area (Å²) >= 11 is 0. The highest BCUT2D eigenvalue weighted by atomic mass is 16.6. The smallest absolute Gasteiger partial charge is 0.410 e. The molecule has 3 aromatic rings. The number of ether oxygens (including phenoxy) is 1. The molecule has 2 N–H and O–H groups in total. The lowest BCUT2D eigenvalue weighted by Crippen LogP contribution is -2.45. The zero-order chi connectivity index (χ0) is 27.6. The number of carbonyl (C=O) groups is 3. The molecule has 2 heterocycles. The van der Waals surface area contributed by atoms with Crippen LogP contribution in [0.15, 0.2) is 60.9 Å². The Balaban J connectivity index is 1.09. The second kappa shape index (κ2) is 11.0. The fourth-order valence-electron chi connectivity index (χ4n) is 5.19. The molecule has 1 saturated carbocycles. The Morgan fingerprint density at radius 2 is 1.85 bits per heavy atom. The maximum atomic E-state index is 12.8. The lowest BCUT2D eigenvalue weighted by atomic mass is 9.98. The summed E-state index contributed by atoms with van der Waals surface area (Å²) in [6.45, 7) is 7.36. The van der Waals surface area contributed by atoms with E-state index in [1.165, 1.54) is 0 Å². The maximum Gasteiger partial charge on any atom is 0.410 e. The predicted octanol–water partition coefficient (Wildman–Crippen LogP) is 5.35. The summed E-state index contributed by atoms with van der Waals surface area (Å²) in [5.41, 5.74) is 1.91. The van der Waals surface area contributed by atoms with Crippen molar-refractivity contribution in [1.29, 1.82) is 0 Å². The number of carbonyl (C=O) groups excluding carboxylic acids is 3. The molecule has 2 aliphatic rings. The van der Waals surface area contributed by atoms with Gasteiger partial charge in [-0.3, -0.25) is 14.6 Å². The highest BCUT2D eigenvalue weighted by Gasteiger charge is 2.44. The van der Waals surface area contributed by atoms with Gasteiger partial charge >= 0.3 is 6.09 Å². The Kier molecular flexibility index (Phi) is 7.55. The summed E-state index contributed by atoms with van der Waals surface area (Å²) in [6, 6.07) is 15.3. The van der Waals surface area contributed by atoms with E-state index in [4.69, 9.17) is 4.74 Å². The van der Waals surface area contributed by atoms with Crippen molar-refractivity contribution in [2.45, 2.75) is 51.6 Å². The number of piperidine rings is 1. The van der Waals surface area contributed by atoms with Gasteiger partial charge in [0.05, 0.1) is 0 Å². The van der Waals surface area contributed by atoms with Crippen LogP contribution in [0, 0.1) is 11.8 Å². The second-order valence-corrected chi connectivity index (χ2v) is 11.6. The Bertz CT molecular complexity index is 1370. The zero-order valence-corrected chi connectivity index (χ0v) is 22.8. The second-order valence-electron chi connectivity index (χ2n) is 11.6. The van der Waals surface area contributed by atoms with E-state index in [1.54, 1.807) is 17.3 Å². The molecule has 8 heteroatoms. The first-order chi connectivity index (χ1) is 18.7. The molecule has 204 valence electrons. The minimum absolute atomic E-state index is 0.0168. The summed E-state index contributed by atoms with van der Waals surface area (Å²) in [5, 5.41) is 8.13. The van der Waals surface area contributed by atoms with Crippen LogP contribution in [0.25, 0.3) is 10.8 Å². The van der Waals surface area contributed by atoms with Crippen molar-refractivity contribution in [3.63, 3.8) is 0 Å². The quantitative estimate of drug-likeness (QED) is 0.449. The highest BCUT2D eigenvalue weighted by molar-refractivity contribution is 5.97. The lowest BCUT2D eigenvalue weighted by molar-refractivity contribution is -0.117. The van der Waals surface area contributed by atoms with E-state index in [0.717, 1.165) is 41.3 Å². The normalized spacial score (nSPS) is 20.8. The molecule has 1 saturated heterocycles. The van der Waals surface area contributed by atoms with Gasteiger partial charge in [0.25, 0.3) is 5.91 Å². The summed E-state index contributed by atoms with van der Waals surface area (Å²) in [7, 11) is 0. The Hall–Kier alpha value is -3.94. The molecule has 1 aliphatic carbocycles. The van der Waals surface area contributed by atoms with E-state index < -0.39 is 5.60 Å². The van der Waals surface area contributed by atoms with Gasteiger partial charge in [-0.05, 0) is 93.2 Å². The van der Waals surface area contributed by atoms with Crippen LogP contribution in [0.4, 0.5) is 10.5 Å². The predicted molar refractivity (Wildman–Crippen MR) is 151 cm³/mol. The Morgan fingerprint density at radius 1 is 1.05 bits per heavy atom. The number of likely N-dealkylation sites (tertiary alicyclic amines) is 1. The third-order valence-corrected chi connectivity index (χ3v) is 7.36. The van der Waals surface area contributed by atoms with E-state index in [1.807, 2.05) is 69.3 Å². The Morgan fingerprint density at radius 3 is 2.62 bits per heavy atom. The number of rotatable bonds is 6. The molecular formula is C31H36N4O4. The molecule has 39 heavy (non-hydrogen) atoms. The molecule has 3 atom stereocenters. The molecule has 1 aromatic heterocycles. The molecule has 0 radical (unpaired) electrons. The molecule has 2 aromatic carbocycles. The number of nitrogens with one attached hydrogen (secondary N) is 2. The molecule has 3 amide bonds. The number of nitrogens with zero attached hydrogens (tertiary/aromatic N) is 2. The van der Waals surface area contributed by atoms with Gasteiger partial charge in [-0.1, -0.05) is 18.2 Å². The average Bonchev–Trinajstić information content (AvgIpc) is 3.72. The molecule has 1 unspecified atom stereocenters. The van der Waals surface area contributed by atoms with Crippen molar-refractivity contribution in [1.82, 2.24) is 15.2 Å². The van der Waals surface area contributed by atoms with E-state index in [-0.39, 0.29) is 35.7 Å². The molecule has 2 fully saturated rings. The summed E-state index contributed by atoms with van der Waals surface area (Å²) < 4.78 is 5.50. The molecule has 0 bridgehead atoms. The van der Waals surface area contributed by atoms with Crippen LogP contribution in [-0.4, -0.2) is 53.0 Å². The zero-order valence-electron chi connectivity index (χ0n) is 22.8. The number of anilines is 1. The monoisotopic (exact) mass is 528 g/mol. The molecule has 8 nitrogen and oxygen atoms in total. The largest absolute Gasteiger partial charge is 0.444 e. The standard InChI is InChI=1S/C31H36N4O4/c1-31(2,3)39-30(38)35-14-4-5-20(19-35)17-33-28(36)22-8-6-21(7-9-22)26-16-27(26)29(37)34-25-11-10-24-18-32-13-12-23(24)15-25/h6-13,15,18,20,26-27H,4-5,14,16-17,19H2,1-3H3,(H,33,36)(H,34,37)/t20-,26?,27+/m0/s1. The van der Waals surface area contributed by atoms with Gasteiger partial charge in [0.15, 0.2) is 0 Å². The molecule has 5 rings (SSSR count). The van der Waals surface area contributed by atoms with E-state index in [0.29, 0.717) is 25.2 Å². The van der Waals surface area contributed by atoms with Gasteiger partial charge in [-0.25, -0.2) is 4.79 Å². The van der Waals surface area contributed by atoms with Crippen molar-refractivity contribution in [3.05, 3.63) is 72.1 Å². The fourth-order valence-corrected chi connectivity index (χ4v) is 5.19. The minimum atomic E-state index is -0.524. The van der Waals surface area contributed by atoms with Gasteiger partial charge in [0, 0.05) is 54.6 Å². The van der Waals surface area contributed by atoms with E-state index in [2.05, 4.69) is 15.6 Å². The first kappa shape index (κ1) is 26.7. The number of hydrogen-bond acceptors (Lipinski definition) is 5. The molecule has 0 spiro atoms. The first-order valence-electron chi connectivity index (χ1n) is 13.7. The van der Waals surface area contributed by atoms with E-state index >= 15 is 0 Å². The topological polar surface area (TPSA) is 101 Å². The Labute approximate surface area is 229 Å². The van der Waals surface area contributed by atoms with Gasteiger partial charge in [-0.15, -0.1) is 0 Å². The van der Waals surface area contributed by atoms with Crippen LogP contribution in [-0.2, 0) is 9.53 Å². The van der Waals surface area contributed by atoms with Gasteiger partial charge < -0.3 is 20.3 Å². The summed E-state index contributed by atoms with van der Waals surface area (Å²) in [4.78, 5) is 43.9. The van der Waals surface area contributed by atoms with Gasteiger partial charge in [0.1, 0.15) is 5.60 Å². The highest BCUT2D eigenvalue weighted by Crippen LogP contribution is 2.48. The van der Waals surface area contributed by atoms with Gasteiger partial charge in [-0.2, -0.15) is 0 Å². The van der Waals surface area contributed by atoms with Crippen LogP contribution in [0.1, 0.15) is 61.9 Å². The molecular weight excluding hydrogens is 492 g/mol. The summed E-state index contributed by atoms with van der Waals surface area (Å²) in [6.07, 6.45) is 5.90. The SMILES string of the molecule is CC(C)(C)OC(=O)N1CCC[C@@H](CNC(=O)c2ccc(C3C[C@H]3C(=O)Nc3ccc4cnccc4c3)cc2)C1. The lowest BCUT2D eigenvalue weighted by Gasteiger charge is -2.34. The fraction of sp³-hybridized carbons (Fsp3) is 0.419. The number of hydrogen-bond donors (Lipinski definition) is 2. The minimum Gasteiger partial charge on any atom is -0.444 e. The van der Waals surface area contributed by atoms with Crippen LogP contribution in [0.5, 0.6) is 0 Å². The number of aromatic nitrogens is 1. The van der Waals surface area contributed by atoms with Crippen molar-refractivity contribution in [3.8, 4) is 0 Å². The van der Waals surface area contributed by atoms with Crippen molar-refractivity contribution >= 4 is 34.4 Å². The van der Waals surface area contributed by atoms with Crippen LogP contribution < -0.4 is 10.6 Å². The summed E-state index contributed by atoms with van der Waals surface area (Å²) in [5.74, 6) is 0.167. The van der Waals surface area contributed by atoms with Gasteiger partial charge in [0.2, 0.25) is 5.91 Å². The van der Waals surface area contributed by atoms with Crippen molar-refractivity contribution in [2.75, 3.05) is 25.0 Å². The maximum absolute atomic E-state index is 12.8. The van der Waals surface area contributed by atoms with Crippen molar-refractivity contribution < 1.29 is 19.1 Å². The van der Waals surface area contributed by atoms with E-state index in [9.17, 15) is 14.4 Å². The van der Waals surface area contributed by atoms with Crippen LogP contribution in [0.3, 0.4) is 0 Å². The first-order valence-corrected chi connectivity index (χ1v) is 13.7. The third kappa shape index (κ3) is 6.74. The number of pyridine rings is 1. The number of amides is 3. The van der Waals surface area contributed by atoms with Crippen molar-refractivity contribution in [2.24, 2.45) is 11.8 Å². The van der Waals surface area contributed by atoms with Crippen LogP contribution in [0.2, 0.25) is 0 Å².